The van der Waals surface area contributed by atoms with Crippen molar-refractivity contribution in [3.8, 4) is 16.9 Å². The molecule has 1 aromatic heterocycles. The van der Waals surface area contributed by atoms with Crippen LogP contribution in [0.5, 0.6) is 0 Å². The Kier molecular flexibility index (Phi) is 3.93. The van der Waals surface area contributed by atoms with Crippen molar-refractivity contribution >= 4 is 5.97 Å². The van der Waals surface area contributed by atoms with E-state index in [4.69, 9.17) is 0 Å². The molecule has 5 heteroatoms. The first-order chi connectivity index (χ1) is 11.1. The smallest absolute Gasteiger partial charge is 0.116 e. The number of carbonyl (C=O) groups is 1. The van der Waals surface area contributed by atoms with E-state index in [1.165, 1.54) is 0 Å². The summed E-state index contributed by atoms with van der Waals surface area (Å²) in [4.78, 5) is 10.9. The summed E-state index contributed by atoms with van der Waals surface area (Å²) in [6, 6.07) is 17.1. The van der Waals surface area contributed by atoms with E-state index in [9.17, 15) is 9.90 Å². The predicted octanol–water partition coefficient (Wildman–Crippen LogP) is 2.10. The van der Waals surface area contributed by atoms with Crippen LogP contribution in [0.15, 0.2) is 54.6 Å². The summed E-state index contributed by atoms with van der Waals surface area (Å²) >= 11 is 0. The molecule has 0 radical (unpaired) electrons. The Balaban J connectivity index is 1.94. The van der Waals surface area contributed by atoms with Crippen LogP contribution in [0.2, 0.25) is 0 Å². The van der Waals surface area contributed by atoms with Gasteiger partial charge < -0.3 is 9.90 Å². The fourth-order valence-electron chi connectivity index (χ4n) is 2.48. The van der Waals surface area contributed by atoms with Gasteiger partial charge in [0.2, 0.25) is 0 Å². The molecule has 2 aromatic carbocycles. The Labute approximate surface area is 134 Å². The number of aliphatic carboxylic acids is 1. The van der Waals surface area contributed by atoms with Gasteiger partial charge in [0.15, 0.2) is 0 Å². The molecule has 1 heterocycles. The second-order valence-corrected chi connectivity index (χ2v) is 5.43. The van der Waals surface area contributed by atoms with Crippen LogP contribution in [0.25, 0.3) is 16.9 Å². The topological polar surface area (TPSA) is 70.8 Å². The highest BCUT2D eigenvalue weighted by molar-refractivity contribution is 5.73. The molecular weight excluding hydrogens is 290 g/mol. The molecule has 0 bridgehead atoms. The zero-order chi connectivity index (χ0) is 16.4. The van der Waals surface area contributed by atoms with Gasteiger partial charge in [0.1, 0.15) is 5.69 Å². The van der Waals surface area contributed by atoms with E-state index < -0.39 is 11.9 Å². The first-order valence-corrected chi connectivity index (χ1v) is 7.37. The van der Waals surface area contributed by atoms with Gasteiger partial charge >= 0.3 is 0 Å². The maximum absolute atomic E-state index is 10.9. The van der Waals surface area contributed by atoms with E-state index in [-0.39, 0.29) is 0 Å². The number of hydrogen-bond acceptors (Lipinski definition) is 4. The zero-order valence-corrected chi connectivity index (χ0v) is 12.9. The lowest BCUT2D eigenvalue weighted by atomic mass is 10.0. The van der Waals surface area contributed by atoms with E-state index in [0.717, 1.165) is 22.6 Å². The Morgan fingerprint density at radius 3 is 2.35 bits per heavy atom. The van der Waals surface area contributed by atoms with Crippen molar-refractivity contribution in [3.63, 3.8) is 0 Å². The Hall–Kier alpha value is -2.95. The summed E-state index contributed by atoms with van der Waals surface area (Å²) in [6.45, 7) is 3.57. The Bertz CT molecular complexity index is 823. The second kappa shape index (κ2) is 6.04. The SMILES string of the molecule is Cc1c(-c2ccccc2)nnn1-c1ccc(C(C)C(=O)[O-])cc1. The van der Waals surface area contributed by atoms with E-state index in [1.54, 1.807) is 23.7 Å². The molecule has 3 rings (SSSR count). The van der Waals surface area contributed by atoms with Crippen LogP contribution in [0.1, 0.15) is 24.1 Å². The summed E-state index contributed by atoms with van der Waals surface area (Å²) in [5, 5.41) is 19.4. The van der Waals surface area contributed by atoms with Crippen LogP contribution in [0.4, 0.5) is 0 Å². The summed E-state index contributed by atoms with van der Waals surface area (Å²) in [5.74, 6) is -1.72. The van der Waals surface area contributed by atoms with E-state index in [0.29, 0.717) is 5.56 Å². The maximum atomic E-state index is 10.9. The van der Waals surface area contributed by atoms with Gasteiger partial charge in [0.25, 0.3) is 0 Å². The van der Waals surface area contributed by atoms with Crippen LogP contribution in [-0.4, -0.2) is 21.0 Å². The average molecular weight is 306 g/mol. The van der Waals surface area contributed by atoms with E-state index in [1.807, 2.05) is 49.4 Å². The number of benzene rings is 2. The van der Waals surface area contributed by atoms with Gasteiger partial charge in [-0.3, -0.25) is 0 Å². The number of hydrogen-bond donors (Lipinski definition) is 0. The highest BCUT2D eigenvalue weighted by Gasteiger charge is 2.12. The zero-order valence-electron chi connectivity index (χ0n) is 12.9. The molecule has 3 aromatic rings. The fraction of sp³-hybridized carbons (Fsp3) is 0.167. The molecule has 0 aliphatic carbocycles. The Morgan fingerprint density at radius 1 is 1.09 bits per heavy atom. The standard InChI is InChI=1S/C18H17N3O2/c1-12(18(22)23)14-8-10-16(11-9-14)21-13(2)17(19-20-21)15-6-4-3-5-7-15/h3-12H,1-2H3,(H,22,23)/p-1. The molecule has 0 saturated heterocycles. The molecule has 0 N–H and O–H groups in total. The third-order valence-electron chi connectivity index (χ3n) is 3.93. The third kappa shape index (κ3) is 2.85. The highest BCUT2D eigenvalue weighted by atomic mass is 16.4. The van der Waals surface area contributed by atoms with Crippen molar-refractivity contribution < 1.29 is 9.90 Å². The van der Waals surface area contributed by atoms with E-state index in [2.05, 4.69) is 10.3 Å². The van der Waals surface area contributed by atoms with Crippen molar-refractivity contribution in [2.24, 2.45) is 0 Å². The minimum Gasteiger partial charge on any atom is -0.550 e. The number of aromatic nitrogens is 3. The first-order valence-electron chi connectivity index (χ1n) is 7.37. The lowest BCUT2D eigenvalue weighted by molar-refractivity contribution is -0.307. The predicted molar refractivity (Wildman–Crippen MR) is 85.0 cm³/mol. The minimum atomic E-state index is -1.08. The van der Waals surface area contributed by atoms with Gasteiger partial charge in [-0.25, -0.2) is 4.68 Å². The van der Waals surface area contributed by atoms with Crippen LogP contribution in [0.3, 0.4) is 0 Å². The summed E-state index contributed by atoms with van der Waals surface area (Å²) in [5.41, 5.74) is 4.31. The van der Waals surface area contributed by atoms with Gasteiger partial charge in [-0.05, 0) is 24.6 Å². The van der Waals surface area contributed by atoms with Gasteiger partial charge in [-0.1, -0.05) is 54.6 Å². The molecule has 1 unspecified atom stereocenters. The van der Waals surface area contributed by atoms with Crippen molar-refractivity contribution in [1.29, 1.82) is 0 Å². The van der Waals surface area contributed by atoms with Crippen LogP contribution in [-0.2, 0) is 4.79 Å². The molecule has 23 heavy (non-hydrogen) atoms. The quantitative estimate of drug-likeness (QED) is 0.740. The molecule has 0 amide bonds. The van der Waals surface area contributed by atoms with E-state index >= 15 is 0 Å². The number of rotatable bonds is 4. The molecule has 0 aliphatic rings. The molecular formula is C18H16N3O2-. The molecule has 0 fully saturated rings. The minimum absolute atomic E-state index is 0.638. The third-order valence-corrected chi connectivity index (χ3v) is 3.93. The lowest BCUT2D eigenvalue weighted by Crippen LogP contribution is -2.27. The monoisotopic (exact) mass is 306 g/mol. The summed E-state index contributed by atoms with van der Waals surface area (Å²) in [6.07, 6.45) is 0. The number of carboxylic acids is 1. The average Bonchev–Trinajstić information content (AvgIpc) is 2.96. The summed E-state index contributed by atoms with van der Waals surface area (Å²) in [7, 11) is 0. The second-order valence-electron chi connectivity index (χ2n) is 5.43. The molecule has 5 nitrogen and oxygen atoms in total. The lowest BCUT2D eigenvalue weighted by Gasteiger charge is -2.13. The van der Waals surface area contributed by atoms with Gasteiger partial charge in [0, 0.05) is 17.5 Å². The van der Waals surface area contributed by atoms with Gasteiger partial charge in [-0.2, -0.15) is 0 Å². The van der Waals surface area contributed by atoms with Crippen LogP contribution >= 0.6 is 0 Å². The normalized spacial score (nSPS) is 12.1. The van der Waals surface area contributed by atoms with Crippen LogP contribution in [0, 0.1) is 6.92 Å². The van der Waals surface area contributed by atoms with Crippen molar-refractivity contribution in [1.82, 2.24) is 15.0 Å². The van der Waals surface area contributed by atoms with Gasteiger partial charge in [-0.15, -0.1) is 5.10 Å². The highest BCUT2D eigenvalue weighted by Crippen LogP contribution is 2.23. The Morgan fingerprint density at radius 2 is 1.74 bits per heavy atom. The van der Waals surface area contributed by atoms with Crippen molar-refractivity contribution in [2.45, 2.75) is 19.8 Å². The molecule has 1 atom stereocenters. The number of carboxylic acid groups (broad SMARTS) is 1. The molecule has 0 spiro atoms. The number of nitrogens with zero attached hydrogens (tertiary/aromatic N) is 3. The maximum Gasteiger partial charge on any atom is 0.116 e. The van der Waals surface area contributed by atoms with Crippen molar-refractivity contribution in [2.75, 3.05) is 0 Å². The summed E-state index contributed by atoms with van der Waals surface area (Å²) < 4.78 is 1.75. The molecule has 0 aliphatic heterocycles. The largest absolute Gasteiger partial charge is 0.550 e. The van der Waals surface area contributed by atoms with Crippen molar-refractivity contribution in [3.05, 3.63) is 65.9 Å². The molecule has 0 saturated carbocycles. The fourth-order valence-corrected chi connectivity index (χ4v) is 2.48. The van der Waals surface area contributed by atoms with Crippen LogP contribution < -0.4 is 5.11 Å². The van der Waals surface area contributed by atoms with Gasteiger partial charge in [0.05, 0.1) is 11.4 Å². The number of carbonyl (C=O) groups excluding carboxylic acids is 1. The molecule has 116 valence electrons. The first kappa shape index (κ1) is 15.0.